The highest BCUT2D eigenvalue weighted by molar-refractivity contribution is 9.10. The fraction of sp³-hybridized carbons (Fsp3) is 0.667. The van der Waals surface area contributed by atoms with Crippen molar-refractivity contribution in [3.63, 3.8) is 0 Å². The molecule has 1 heterocycles. The SMILES string of the molecule is CNC1CCC(N(C)c2ncncc2Br)CC1. The van der Waals surface area contributed by atoms with Crippen LogP contribution in [0.3, 0.4) is 0 Å². The Labute approximate surface area is 111 Å². The van der Waals surface area contributed by atoms with Crippen LogP contribution in [0.25, 0.3) is 0 Å². The minimum absolute atomic E-state index is 0.589. The van der Waals surface area contributed by atoms with Crippen molar-refractivity contribution in [3.8, 4) is 0 Å². The number of nitrogens with one attached hydrogen (secondary N) is 1. The second kappa shape index (κ2) is 5.78. The monoisotopic (exact) mass is 298 g/mol. The van der Waals surface area contributed by atoms with Gasteiger partial charge in [-0.05, 0) is 48.7 Å². The minimum atomic E-state index is 0.589. The van der Waals surface area contributed by atoms with Gasteiger partial charge in [0.1, 0.15) is 12.1 Å². The summed E-state index contributed by atoms with van der Waals surface area (Å²) < 4.78 is 0.971. The molecule has 0 radical (unpaired) electrons. The van der Waals surface area contributed by atoms with E-state index >= 15 is 0 Å². The third-order valence-electron chi connectivity index (χ3n) is 3.63. The van der Waals surface area contributed by atoms with Crippen LogP contribution in [0.1, 0.15) is 25.7 Å². The standard InChI is InChI=1S/C12H19BrN4/c1-14-9-3-5-10(6-4-9)17(2)12-11(13)7-15-8-16-12/h7-10,14H,3-6H2,1-2H3. The maximum Gasteiger partial charge on any atom is 0.146 e. The molecule has 0 aromatic carbocycles. The van der Waals surface area contributed by atoms with Crippen molar-refractivity contribution in [2.75, 3.05) is 19.0 Å². The highest BCUT2D eigenvalue weighted by atomic mass is 79.9. The Morgan fingerprint density at radius 2 is 2.06 bits per heavy atom. The first kappa shape index (κ1) is 12.8. The molecular formula is C12H19BrN4. The van der Waals surface area contributed by atoms with E-state index in [2.05, 4.69) is 50.2 Å². The third-order valence-corrected chi connectivity index (χ3v) is 4.19. The summed E-state index contributed by atoms with van der Waals surface area (Å²) in [5, 5.41) is 3.36. The average molecular weight is 299 g/mol. The summed E-state index contributed by atoms with van der Waals surface area (Å²) >= 11 is 3.51. The molecule has 1 aromatic heterocycles. The molecular weight excluding hydrogens is 280 g/mol. The van der Waals surface area contributed by atoms with Gasteiger partial charge in [-0.1, -0.05) is 0 Å². The molecule has 5 heteroatoms. The highest BCUT2D eigenvalue weighted by Gasteiger charge is 2.24. The van der Waals surface area contributed by atoms with E-state index in [4.69, 9.17) is 0 Å². The van der Waals surface area contributed by atoms with Crippen LogP contribution in [0.2, 0.25) is 0 Å². The number of halogens is 1. The van der Waals surface area contributed by atoms with E-state index < -0.39 is 0 Å². The topological polar surface area (TPSA) is 41.0 Å². The van der Waals surface area contributed by atoms with Crippen molar-refractivity contribution in [2.24, 2.45) is 0 Å². The quantitative estimate of drug-likeness (QED) is 0.929. The number of rotatable bonds is 3. The molecule has 0 amide bonds. The molecule has 0 spiro atoms. The van der Waals surface area contributed by atoms with E-state index in [1.165, 1.54) is 25.7 Å². The third kappa shape index (κ3) is 2.96. The summed E-state index contributed by atoms with van der Waals surface area (Å²) in [6.45, 7) is 0. The molecule has 0 unspecified atom stereocenters. The summed E-state index contributed by atoms with van der Waals surface area (Å²) in [5.41, 5.74) is 0. The molecule has 1 saturated carbocycles. The van der Waals surface area contributed by atoms with Gasteiger partial charge in [-0.3, -0.25) is 0 Å². The molecule has 1 aromatic rings. The number of hydrogen-bond donors (Lipinski definition) is 1. The van der Waals surface area contributed by atoms with E-state index in [0.717, 1.165) is 10.3 Å². The predicted molar refractivity (Wildman–Crippen MR) is 73.2 cm³/mol. The lowest BCUT2D eigenvalue weighted by Gasteiger charge is -2.35. The molecule has 1 N–H and O–H groups in total. The summed E-state index contributed by atoms with van der Waals surface area (Å²) in [4.78, 5) is 10.6. The molecule has 1 fully saturated rings. The van der Waals surface area contributed by atoms with Gasteiger partial charge in [-0.15, -0.1) is 0 Å². The van der Waals surface area contributed by atoms with Crippen molar-refractivity contribution in [3.05, 3.63) is 17.0 Å². The molecule has 2 rings (SSSR count). The number of anilines is 1. The lowest BCUT2D eigenvalue weighted by molar-refractivity contribution is 0.350. The number of nitrogens with zero attached hydrogens (tertiary/aromatic N) is 3. The highest BCUT2D eigenvalue weighted by Crippen LogP contribution is 2.28. The first-order valence-electron chi connectivity index (χ1n) is 6.08. The maximum atomic E-state index is 4.34. The van der Waals surface area contributed by atoms with Gasteiger partial charge in [0.05, 0.1) is 4.47 Å². The van der Waals surface area contributed by atoms with Crippen LogP contribution in [-0.4, -0.2) is 36.1 Å². The van der Waals surface area contributed by atoms with Crippen LogP contribution < -0.4 is 10.2 Å². The summed E-state index contributed by atoms with van der Waals surface area (Å²) in [6, 6.07) is 1.28. The molecule has 0 saturated heterocycles. The van der Waals surface area contributed by atoms with Gasteiger partial charge in [0.15, 0.2) is 0 Å². The first-order valence-corrected chi connectivity index (χ1v) is 6.87. The van der Waals surface area contributed by atoms with Gasteiger partial charge in [0, 0.05) is 25.3 Å². The van der Waals surface area contributed by atoms with Gasteiger partial charge in [0.25, 0.3) is 0 Å². The predicted octanol–water partition coefficient (Wildman–Crippen LogP) is 2.21. The molecule has 0 aliphatic heterocycles. The van der Waals surface area contributed by atoms with Crippen molar-refractivity contribution in [2.45, 2.75) is 37.8 Å². The largest absolute Gasteiger partial charge is 0.356 e. The van der Waals surface area contributed by atoms with E-state index in [1.807, 2.05) is 0 Å². The summed E-state index contributed by atoms with van der Waals surface area (Å²) in [6.07, 6.45) is 8.34. The number of aromatic nitrogens is 2. The molecule has 0 bridgehead atoms. The Bertz CT molecular complexity index is 363. The van der Waals surface area contributed by atoms with E-state index in [9.17, 15) is 0 Å². The second-order valence-electron chi connectivity index (χ2n) is 4.60. The molecule has 1 aliphatic rings. The zero-order valence-corrected chi connectivity index (χ0v) is 11.9. The molecule has 0 atom stereocenters. The number of hydrogen-bond acceptors (Lipinski definition) is 4. The summed E-state index contributed by atoms with van der Waals surface area (Å²) in [7, 11) is 4.17. The summed E-state index contributed by atoms with van der Waals surface area (Å²) in [5.74, 6) is 0.993. The Morgan fingerprint density at radius 1 is 1.35 bits per heavy atom. The van der Waals surface area contributed by atoms with Crippen molar-refractivity contribution in [1.29, 1.82) is 0 Å². The van der Waals surface area contributed by atoms with Crippen molar-refractivity contribution in [1.82, 2.24) is 15.3 Å². The van der Waals surface area contributed by atoms with Crippen LogP contribution >= 0.6 is 15.9 Å². The molecule has 1 aliphatic carbocycles. The van der Waals surface area contributed by atoms with Crippen LogP contribution in [0, 0.1) is 0 Å². The average Bonchev–Trinajstić information content (AvgIpc) is 2.39. The van der Waals surface area contributed by atoms with Crippen LogP contribution in [0.4, 0.5) is 5.82 Å². The fourth-order valence-electron chi connectivity index (χ4n) is 2.49. The van der Waals surface area contributed by atoms with Crippen LogP contribution in [0.5, 0.6) is 0 Å². The van der Waals surface area contributed by atoms with Crippen LogP contribution in [-0.2, 0) is 0 Å². The smallest absolute Gasteiger partial charge is 0.146 e. The van der Waals surface area contributed by atoms with Gasteiger partial charge >= 0.3 is 0 Å². The van der Waals surface area contributed by atoms with Gasteiger partial charge < -0.3 is 10.2 Å². The van der Waals surface area contributed by atoms with Gasteiger partial charge in [-0.25, -0.2) is 9.97 Å². The minimum Gasteiger partial charge on any atom is -0.356 e. The van der Waals surface area contributed by atoms with Gasteiger partial charge in [0.2, 0.25) is 0 Å². The Morgan fingerprint density at radius 3 is 2.65 bits per heavy atom. The van der Waals surface area contributed by atoms with Crippen molar-refractivity contribution < 1.29 is 0 Å². The zero-order valence-electron chi connectivity index (χ0n) is 10.4. The second-order valence-corrected chi connectivity index (χ2v) is 5.45. The fourth-order valence-corrected chi connectivity index (χ4v) is 2.99. The Balaban J connectivity index is 2.02. The van der Waals surface area contributed by atoms with Crippen LogP contribution in [0.15, 0.2) is 17.0 Å². The molecule has 17 heavy (non-hydrogen) atoms. The Kier molecular flexibility index (Phi) is 4.34. The van der Waals surface area contributed by atoms with Gasteiger partial charge in [-0.2, -0.15) is 0 Å². The zero-order chi connectivity index (χ0) is 12.3. The molecule has 4 nitrogen and oxygen atoms in total. The first-order chi connectivity index (χ1) is 8.22. The lowest BCUT2D eigenvalue weighted by Crippen LogP contribution is -2.40. The van der Waals surface area contributed by atoms with E-state index in [1.54, 1.807) is 12.5 Å². The van der Waals surface area contributed by atoms with Crippen molar-refractivity contribution >= 4 is 21.7 Å². The normalized spacial score (nSPS) is 24.6. The Hall–Kier alpha value is -0.680. The molecule has 94 valence electrons. The van der Waals surface area contributed by atoms with E-state index in [-0.39, 0.29) is 0 Å². The lowest BCUT2D eigenvalue weighted by atomic mass is 9.90. The van der Waals surface area contributed by atoms with E-state index in [0.29, 0.717) is 12.1 Å². The maximum absolute atomic E-state index is 4.34.